The zero-order chi connectivity index (χ0) is 46.4. The molecule has 0 aromatic carbocycles. The van der Waals surface area contributed by atoms with Crippen LogP contribution in [0.5, 0.6) is 0 Å². The predicted molar refractivity (Wildman–Crippen MR) is 112 cm³/mol. The van der Waals surface area contributed by atoms with Gasteiger partial charge in [0, 0.05) is 26.2 Å². The number of carboxylic acids is 2. The molecule has 0 aliphatic carbocycles. The largest absolute Gasteiger partial charge is 0.477 e. The summed E-state index contributed by atoms with van der Waals surface area (Å²) in [6, 6.07) is 0. The van der Waals surface area contributed by atoms with E-state index in [1.54, 1.807) is 0 Å². The molecule has 1 aliphatic heterocycles. The fourth-order valence-electron chi connectivity index (χ4n) is 2.81. The van der Waals surface area contributed by atoms with E-state index >= 15 is 0 Å². The number of carboxylic acid groups (broad SMARTS) is 2. The van der Waals surface area contributed by atoms with Crippen molar-refractivity contribution < 1.29 is 152 Å². The van der Waals surface area contributed by atoms with Crippen LogP contribution >= 0.6 is 0 Å². The molecule has 4 N–H and O–H groups in total. The van der Waals surface area contributed by atoms with Crippen molar-refractivity contribution >= 4 is 11.9 Å². The van der Waals surface area contributed by atoms with Gasteiger partial charge in [-0.3, -0.25) is 0 Å². The van der Waals surface area contributed by atoms with Gasteiger partial charge in [-0.25, -0.2) is 9.59 Å². The second kappa shape index (κ2) is 15.5. The number of hydrogen-bond donors (Lipinski definition) is 4. The van der Waals surface area contributed by atoms with Crippen molar-refractivity contribution in [3.63, 3.8) is 0 Å². The van der Waals surface area contributed by atoms with Crippen LogP contribution in [0.4, 0.5) is 132 Å². The third-order valence-electron chi connectivity index (χ3n) is 6.15. The Morgan fingerprint density at radius 3 is 0.554 bits per heavy atom. The molecule has 0 aromatic rings. The van der Waals surface area contributed by atoms with Gasteiger partial charge >= 0.3 is 95.4 Å². The molecular weight excluding hydrogens is 902 g/mol. The van der Waals surface area contributed by atoms with Gasteiger partial charge in [-0.2, -0.15) is 132 Å². The monoisotopic (exact) mass is 914 g/mol. The fraction of sp³-hybridized carbons (Fsp3) is 0.900. The van der Waals surface area contributed by atoms with Crippen LogP contribution in [0.15, 0.2) is 0 Å². The molecule has 0 amide bonds. The molecule has 0 bridgehead atoms. The van der Waals surface area contributed by atoms with Gasteiger partial charge in [-0.05, 0) is 0 Å². The van der Waals surface area contributed by atoms with Gasteiger partial charge in [-0.15, -0.1) is 0 Å². The summed E-state index contributed by atoms with van der Waals surface area (Å²) in [6.45, 7) is 4.56. The van der Waals surface area contributed by atoms with E-state index in [9.17, 15) is 141 Å². The lowest BCUT2D eigenvalue weighted by atomic mass is 9.91. The van der Waals surface area contributed by atoms with E-state index in [2.05, 4.69) is 10.6 Å². The Morgan fingerprint density at radius 1 is 0.286 bits per heavy atom. The average Bonchev–Trinajstić information content (AvgIpc) is 3.00. The first kappa shape index (κ1) is 54.9. The van der Waals surface area contributed by atoms with Gasteiger partial charge < -0.3 is 20.8 Å². The minimum absolute atomic E-state index is 1.14. The lowest BCUT2D eigenvalue weighted by Gasteiger charge is -2.40. The van der Waals surface area contributed by atoms with Crippen LogP contribution in [-0.4, -0.2) is 132 Å². The van der Waals surface area contributed by atoms with Gasteiger partial charge in [0.15, 0.2) is 0 Å². The maximum absolute atomic E-state index is 12.8. The minimum Gasteiger partial charge on any atom is -0.477 e. The summed E-state index contributed by atoms with van der Waals surface area (Å²) >= 11 is 0. The van der Waals surface area contributed by atoms with E-state index in [0.29, 0.717) is 0 Å². The molecule has 56 heavy (non-hydrogen) atoms. The molecular formula is C20H12F30N2O4. The van der Waals surface area contributed by atoms with Gasteiger partial charge in [0.1, 0.15) is 0 Å². The van der Waals surface area contributed by atoms with Crippen molar-refractivity contribution in [1.29, 1.82) is 0 Å². The molecule has 36 heteroatoms. The van der Waals surface area contributed by atoms with Crippen molar-refractivity contribution in [3.8, 4) is 0 Å². The fourth-order valence-corrected chi connectivity index (χ4v) is 2.81. The van der Waals surface area contributed by atoms with Crippen LogP contribution in [0.3, 0.4) is 0 Å². The second-order valence-corrected chi connectivity index (χ2v) is 10.00. The Bertz CT molecular complexity index is 1260. The van der Waals surface area contributed by atoms with Crippen molar-refractivity contribution in [2.45, 2.75) is 83.4 Å². The van der Waals surface area contributed by atoms with E-state index in [-0.39, 0.29) is 0 Å². The second-order valence-electron chi connectivity index (χ2n) is 10.00. The standard InChI is InChI=1S/2C8HF15O2.C4H10N2/c2*9-2(10,1(24)25)3(11,12)4(13,14)5(15,16)6(17,18)7(19,20)8(21,22)23;1-2-6-4-3-5-1/h2*(H,24,25);5-6H,1-4H2. The lowest BCUT2D eigenvalue weighted by molar-refractivity contribution is -0.450. The van der Waals surface area contributed by atoms with Crippen LogP contribution in [0.1, 0.15) is 0 Å². The average molecular weight is 914 g/mol. The summed E-state index contributed by atoms with van der Waals surface area (Å²) < 4.78 is 373. The molecule has 6 nitrogen and oxygen atoms in total. The van der Waals surface area contributed by atoms with E-state index in [4.69, 9.17) is 10.2 Å². The Morgan fingerprint density at radius 2 is 0.429 bits per heavy atom. The molecule has 0 aromatic heterocycles. The van der Waals surface area contributed by atoms with Crippen LogP contribution in [-0.2, 0) is 9.59 Å². The van der Waals surface area contributed by atoms with Crippen LogP contribution in [0, 0.1) is 0 Å². The Kier molecular flexibility index (Phi) is 15.2. The lowest BCUT2D eigenvalue weighted by Crippen LogP contribution is -2.73. The number of rotatable bonds is 12. The van der Waals surface area contributed by atoms with E-state index in [1.165, 1.54) is 0 Å². The third kappa shape index (κ3) is 8.34. The molecule has 1 saturated heterocycles. The molecule has 1 aliphatic rings. The number of piperazine rings is 1. The Balaban J connectivity index is 0. The van der Waals surface area contributed by atoms with Crippen LogP contribution in [0.25, 0.3) is 0 Å². The molecule has 0 atom stereocenters. The maximum atomic E-state index is 12.8. The normalized spacial score (nSPS) is 17.0. The number of aliphatic carboxylic acids is 2. The van der Waals surface area contributed by atoms with Gasteiger partial charge in [0.25, 0.3) is 0 Å². The molecule has 0 saturated carbocycles. The zero-order valence-corrected chi connectivity index (χ0v) is 24.9. The quantitative estimate of drug-likeness (QED) is 0.148. The highest BCUT2D eigenvalue weighted by Crippen LogP contribution is 2.64. The Labute approximate surface area is 285 Å². The molecule has 0 spiro atoms. The predicted octanol–water partition coefficient (Wildman–Crippen LogP) is 8.07. The number of carbonyl (C=O) groups is 2. The molecule has 0 radical (unpaired) electrons. The first-order valence-corrected chi connectivity index (χ1v) is 12.4. The minimum atomic E-state index is -8.47. The maximum Gasteiger partial charge on any atom is 0.460 e. The third-order valence-corrected chi connectivity index (χ3v) is 6.15. The SMILES string of the molecule is C1CNCCN1.O=C(O)C(F)(F)C(F)(F)C(F)(F)C(F)(F)C(F)(F)C(F)(F)C(F)(F)F.O=C(O)C(F)(F)C(F)(F)C(F)(F)C(F)(F)C(F)(F)C(F)(F)C(F)(F)F. The first-order valence-electron chi connectivity index (χ1n) is 12.4. The van der Waals surface area contributed by atoms with E-state index < -0.39 is 95.4 Å². The Hall–Kier alpha value is -3.24. The summed E-state index contributed by atoms with van der Waals surface area (Å²) in [5.41, 5.74) is 0. The summed E-state index contributed by atoms with van der Waals surface area (Å²) in [5.74, 6) is -106. The molecule has 0 unspecified atom stereocenters. The smallest absolute Gasteiger partial charge is 0.460 e. The molecule has 1 heterocycles. The molecule has 1 rings (SSSR count). The zero-order valence-electron chi connectivity index (χ0n) is 24.9. The highest BCUT2D eigenvalue weighted by molar-refractivity contribution is 5.77. The van der Waals surface area contributed by atoms with E-state index in [1.807, 2.05) is 0 Å². The van der Waals surface area contributed by atoms with Gasteiger partial charge in [0.2, 0.25) is 0 Å². The van der Waals surface area contributed by atoms with Crippen molar-refractivity contribution in [2.24, 2.45) is 0 Å². The summed E-state index contributed by atoms with van der Waals surface area (Å²) in [4.78, 5) is 19.4. The van der Waals surface area contributed by atoms with Crippen molar-refractivity contribution in [2.75, 3.05) is 26.2 Å². The summed E-state index contributed by atoms with van der Waals surface area (Å²) in [7, 11) is 0. The summed E-state index contributed by atoms with van der Waals surface area (Å²) in [6.07, 6.45) is -15.4. The summed E-state index contributed by atoms with van der Waals surface area (Å²) in [5, 5.41) is 21.6. The van der Waals surface area contributed by atoms with Gasteiger partial charge in [-0.1, -0.05) is 0 Å². The van der Waals surface area contributed by atoms with Crippen LogP contribution < -0.4 is 10.6 Å². The number of halogens is 30. The van der Waals surface area contributed by atoms with E-state index in [0.717, 1.165) is 26.2 Å². The number of hydrogen-bond acceptors (Lipinski definition) is 4. The van der Waals surface area contributed by atoms with Crippen molar-refractivity contribution in [3.05, 3.63) is 0 Å². The molecule has 336 valence electrons. The topological polar surface area (TPSA) is 98.7 Å². The number of alkyl halides is 30. The highest BCUT2D eigenvalue weighted by atomic mass is 19.4. The highest BCUT2D eigenvalue weighted by Gasteiger charge is 2.95. The number of nitrogens with one attached hydrogen (secondary N) is 2. The van der Waals surface area contributed by atoms with Crippen molar-refractivity contribution in [1.82, 2.24) is 10.6 Å². The molecule has 1 fully saturated rings. The van der Waals surface area contributed by atoms with Crippen LogP contribution in [0.2, 0.25) is 0 Å². The first-order chi connectivity index (χ1) is 23.9. The van der Waals surface area contributed by atoms with Gasteiger partial charge in [0.05, 0.1) is 0 Å².